The van der Waals surface area contributed by atoms with Crippen LogP contribution in [0.25, 0.3) is 21.8 Å². The molecule has 3 aromatic heterocycles. The van der Waals surface area contributed by atoms with Gasteiger partial charge in [0.2, 0.25) is 5.78 Å². The number of H-pyrrole nitrogens is 1. The van der Waals surface area contributed by atoms with E-state index in [1.54, 1.807) is 73.2 Å². The number of nitrogens with two attached hydrogens (primary N) is 1. The molecule has 0 aliphatic carbocycles. The molecule has 0 saturated carbocycles. The molecule has 5 rings (SSSR count). The summed E-state index contributed by atoms with van der Waals surface area (Å²) in [5.74, 6) is 0.291. The van der Waals surface area contributed by atoms with Crippen LogP contribution in [0, 0.1) is 0 Å². The van der Waals surface area contributed by atoms with Crippen LogP contribution in [0.2, 0.25) is 5.02 Å². The van der Waals surface area contributed by atoms with Crippen molar-refractivity contribution in [2.24, 2.45) is 5.73 Å². The Morgan fingerprint density at radius 2 is 1.94 bits per heavy atom. The molecule has 0 bridgehead atoms. The first-order valence-electron chi connectivity index (χ1n) is 10.2. The van der Waals surface area contributed by atoms with Crippen molar-refractivity contribution in [3.8, 4) is 17.2 Å². The van der Waals surface area contributed by atoms with Crippen LogP contribution in [0.4, 0.5) is 0 Å². The molecule has 0 saturated heterocycles. The molecular formula is C25H17ClN4O4. The number of amides is 1. The van der Waals surface area contributed by atoms with Crippen molar-refractivity contribution in [2.45, 2.75) is 0 Å². The Labute approximate surface area is 198 Å². The number of halogens is 1. The summed E-state index contributed by atoms with van der Waals surface area (Å²) in [4.78, 5) is 36.2. The first kappa shape index (κ1) is 21.4. The molecule has 3 heterocycles. The Morgan fingerprint density at radius 1 is 1.06 bits per heavy atom. The molecule has 0 aliphatic heterocycles. The number of fused-ring (bicyclic) bond motifs is 2. The third kappa shape index (κ3) is 4.26. The number of benzene rings is 2. The average Bonchev–Trinajstić information content (AvgIpc) is 3.26. The number of ketones is 1. The lowest BCUT2D eigenvalue weighted by molar-refractivity contribution is 0.0912. The van der Waals surface area contributed by atoms with Gasteiger partial charge in [0.05, 0.1) is 11.7 Å². The van der Waals surface area contributed by atoms with Gasteiger partial charge >= 0.3 is 0 Å². The molecule has 0 aliphatic rings. The lowest BCUT2D eigenvalue weighted by atomic mass is 10.1. The molecular weight excluding hydrogens is 456 g/mol. The van der Waals surface area contributed by atoms with Crippen LogP contribution >= 0.6 is 11.6 Å². The first-order valence-corrected chi connectivity index (χ1v) is 10.6. The number of rotatable bonds is 7. The number of aromatic nitrogens is 3. The Kier molecular flexibility index (Phi) is 5.57. The van der Waals surface area contributed by atoms with Crippen LogP contribution in [0.5, 0.6) is 17.2 Å². The minimum atomic E-state index is -0.766. The Hall–Kier alpha value is -4.43. The monoisotopic (exact) mass is 472 g/mol. The summed E-state index contributed by atoms with van der Waals surface area (Å²) in [7, 11) is 0. The third-order valence-corrected chi connectivity index (χ3v) is 5.40. The fourth-order valence-electron chi connectivity index (χ4n) is 3.57. The number of carbonyl (C=O) groups excluding carboxylic acids is 2. The normalized spacial score (nSPS) is 11.0. The zero-order valence-electron chi connectivity index (χ0n) is 17.6. The molecule has 34 heavy (non-hydrogen) atoms. The predicted molar refractivity (Wildman–Crippen MR) is 128 cm³/mol. The Bertz CT molecular complexity index is 1550. The van der Waals surface area contributed by atoms with Gasteiger partial charge in [-0.25, -0.2) is 4.98 Å². The number of pyridine rings is 2. The van der Waals surface area contributed by atoms with Crippen LogP contribution in [-0.4, -0.2) is 33.2 Å². The summed E-state index contributed by atoms with van der Waals surface area (Å²) in [5.41, 5.74) is 7.08. The number of nitrogens with one attached hydrogen (secondary N) is 1. The van der Waals surface area contributed by atoms with E-state index in [4.69, 9.17) is 26.8 Å². The number of Topliss-reactive ketones (excluding diaryl/α,β-unsaturated/α-hetero) is 1. The fourth-order valence-corrected chi connectivity index (χ4v) is 3.74. The summed E-state index contributed by atoms with van der Waals surface area (Å²) < 4.78 is 11.5. The van der Waals surface area contributed by atoms with Gasteiger partial charge in [-0.15, -0.1) is 0 Å². The minimum Gasteiger partial charge on any atom is -0.483 e. The predicted octanol–water partition coefficient (Wildman–Crippen LogP) is 4.92. The van der Waals surface area contributed by atoms with Gasteiger partial charge < -0.3 is 20.2 Å². The van der Waals surface area contributed by atoms with Gasteiger partial charge in [0.25, 0.3) is 5.91 Å². The van der Waals surface area contributed by atoms with E-state index in [2.05, 4.69) is 15.0 Å². The molecule has 3 N–H and O–H groups in total. The maximum atomic E-state index is 12.9. The molecule has 0 atom stereocenters. The molecule has 0 spiro atoms. The molecule has 1 amide bonds. The van der Waals surface area contributed by atoms with Crippen LogP contribution in [0.1, 0.15) is 20.8 Å². The van der Waals surface area contributed by atoms with Gasteiger partial charge in [-0.1, -0.05) is 17.7 Å². The van der Waals surface area contributed by atoms with E-state index in [9.17, 15) is 9.59 Å². The highest BCUT2D eigenvalue weighted by atomic mass is 35.5. The van der Waals surface area contributed by atoms with Crippen molar-refractivity contribution in [1.29, 1.82) is 0 Å². The fraction of sp³-hybridized carbons (Fsp3) is 0.0400. The van der Waals surface area contributed by atoms with Gasteiger partial charge in [0.15, 0.2) is 18.1 Å². The van der Waals surface area contributed by atoms with Crippen molar-refractivity contribution in [3.05, 3.63) is 89.5 Å². The summed E-state index contributed by atoms with van der Waals surface area (Å²) in [6.07, 6.45) is 4.89. The molecule has 9 heteroatoms. The van der Waals surface area contributed by atoms with Crippen molar-refractivity contribution in [3.63, 3.8) is 0 Å². The lowest BCUT2D eigenvalue weighted by Gasteiger charge is -2.10. The molecule has 2 aromatic carbocycles. The zero-order valence-corrected chi connectivity index (χ0v) is 18.4. The second-order valence-corrected chi connectivity index (χ2v) is 7.89. The number of carbonyl (C=O) groups is 2. The van der Waals surface area contributed by atoms with Crippen molar-refractivity contribution >= 4 is 45.1 Å². The maximum Gasteiger partial charge on any atom is 0.271 e. The van der Waals surface area contributed by atoms with Crippen molar-refractivity contribution < 1.29 is 19.1 Å². The second-order valence-electron chi connectivity index (χ2n) is 7.45. The maximum absolute atomic E-state index is 12.9. The van der Waals surface area contributed by atoms with E-state index in [-0.39, 0.29) is 23.8 Å². The van der Waals surface area contributed by atoms with Crippen LogP contribution in [0.15, 0.2) is 73.2 Å². The minimum absolute atomic E-state index is 0.0707. The molecule has 0 radical (unpaired) electrons. The highest BCUT2D eigenvalue weighted by Crippen LogP contribution is 2.28. The molecule has 168 valence electrons. The number of primary amides is 1. The van der Waals surface area contributed by atoms with Crippen LogP contribution in [-0.2, 0) is 0 Å². The number of aromatic amines is 1. The standard InChI is InChI=1S/C25H17ClN4O4/c26-15-4-3-14-8-23(24(25(27)32)30-20(14)9-15)33-13-22(31)19-12-29-21-10-16(5-6-18(19)21)34-17-2-1-7-28-11-17/h1-12,29H,13H2,(H2,27,32). The molecule has 5 aromatic rings. The van der Waals surface area contributed by atoms with Gasteiger partial charge in [0.1, 0.15) is 11.5 Å². The van der Waals surface area contributed by atoms with Gasteiger partial charge in [-0.2, -0.15) is 0 Å². The van der Waals surface area contributed by atoms with Crippen molar-refractivity contribution in [2.75, 3.05) is 6.61 Å². The van der Waals surface area contributed by atoms with Crippen LogP contribution in [0.3, 0.4) is 0 Å². The van der Waals surface area contributed by atoms with Crippen LogP contribution < -0.4 is 15.2 Å². The topological polar surface area (TPSA) is 120 Å². The van der Waals surface area contributed by atoms with E-state index >= 15 is 0 Å². The Morgan fingerprint density at radius 3 is 2.74 bits per heavy atom. The number of ether oxygens (including phenoxy) is 2. The quantitative estimate of drug-likeness (QED) is 0.324. The molecule has 8 nitrogen and oxygen atoms in total. The first-order chi connectivity index (χ1) is 16.5. The van der Waals surface area contributed by atoms with E-state index in [1.807, 2.05) is 0 Å². The lowest BCUT2D eigenvalue weighted by Crippen LogP contribution is -2.18. The molecule has 0 fully saturated rings. The summed E-state index contributed by atoms with van der Waals surface area (Å²) in [6.45, 7) is -0.304. The highest BCUT2D eigenvalue weighted by molar-refractivity contribution is 6.31. The summed E-state index contributed by atoms with van der Waals surface area (Å²) in [5, 5.41) is 1.89. The van der Waals surface area contributed by atoms with Crippen molar-refractivity contribution in [1.82, 2.24) is 15.0 Å². The SMILES string of the molecule is NC(=O)c1nc2cc(Cl)ccc2cc1OCC(=O)c1c[nH]c2cc(Oc3cccnc3)ccc12. The van der Waals surface area contributed by atoms with E-state index in [1.165, 1.54) is 0 Å². The smallest absolute Gasteiger partial charge is 0.271 e. The molecule has 0 unspecified atom stereocenters. The number of nitrogens with zero attached hydrogens (tertiary/aromatic N) is 2. The number of hydrogen-bond donors (Lipinski definition) is 2. The van der Waals surface area contributed by atoms with E-state index < -0.39 is 5.91 Å². The highest BCUT2D eigenvalue weighted by Gasteiger charge is 2.18. The van der Waals surface area contributed by atoms with Gasteiger partial charge in [0, 0.05) is 45.3 Å². The zero-order chi connectivity index (χ0) is 23.7. The van der Waals surface area contributed by atoms with E-state index in [0.29, 0.717) is 38.4 Å². The summed E-state index contributed by atoms with van der Waals surface area (Å²) >= 11 is 6.00. The summed E-state index contributed by atoms with van der Waals surface area (Å²) in [6, 6.07) is 15.6. The van der Waals surface area contributed by atoms with Gasteiger partial charge in [-0.3, -0.25) is 14.6 Å². The average molecular weight is 473 g/mol. The number of hydrogen-bond acceptors (Lipinski definition) is 6. The van der Waals surface area contributed by atoms with Gasteiger partial charge in [-0.05, 0) is 42.5 Å². The van der Waals surface area contributed by atoms with E-state index in [0.717, 1.165) is 5.52 Å². The third-order valence-electron chi connectivity index (χ3n) is 5.16. The Balaban J connectivity index is 1.37. The second kappa shape index (κ2) is 8.84. The largest absolute Gasteiger partial charge is 0.483 e.